The fourth-order valence-corrected chi connectivity index (χ4v) is 6.88. The van der Waals surface area contributed by atoms with Crippen LogP contribution >= 0.6 is 0 Å². The lowest BCUT2D eigenvalue weighted by Crippen LogP contribution is -2.39. The molecule has 1 heterocycles. The predicted molar refractivity (Wildman–Crippen MR) is 99.1 cm³/mol. The van der Waals surface area contributed by atoms with Gasteiger partial charge in [0.2, 0.25) is 0 Å². The van der Waals surface area contributed by atoms with Crippen LogP contribution in [0.5, 0.6) is 0 Å². The van der Waals surface area contributed by atoms with E-state index >= 15 is 0 Å². The third-order valence-corrected chi connectivity index (χ3v) is 8.21. The van der Waals surface area contributed by atoms with E-state index in [1.54, 1.807) is 0 Å². The molecule has 7 atom stereocenters. The van der Waals surface area contributed by atoms with Gasteiger partial charge in [-0.2, -0.15) is 0 Å². The van der Waals surface area contributed by atoms with E-state index in [9.17, 15) is 4.79 Å². The molecule has 4 saturated carbocycles. The van der Waals surface area contributed by atoms with Crippen molar-refractivity contribution >= 4 is 13.3 Å². The van der Waals surface area contributed by atoms with Gasteiger partial charge in [0, 0.05) is 0 Å². The van der Waals surface area contributed by atoms with Gasteiger partial charge in [-0.25, -0.2) is 0 Å². The van der Waals surface area contributed by atoms with Gasteiger partial charge in [-0.1, -0.05) is 57.8 Å². The Balaban J connectivity index is 1.18. The van der Waals surface area contributed by atoms with Crippen LogP contribution in [-0.2, 0) is 18.8 Å². The minimum Gasteiger partial charge on any atom is -0.485 e. The second-order valence-corrected chi connectivity index (χ2v) is 9.60. The molecule has 4 nitrogen and oxygen atoms in total. The van der Waals surface area contributed by atoms with Crippen molar-refractivity contribution < 1.29 is 18.8 Å². The molecule has 144 valence electrons. The van der Waals surface area contributed by atoms with Gasteiger partial charge in [-0.15, -0.1) is 0 Å². The van der Waals surface area contributed by atoms with Crippen LogP contribution in [0.1, 0.15) is 83.5 Å². The average molecular weight is 360 g/mol. The van der Waals surface area contributed by atoms with Crippen molar-refractivity contribution in [3.05, 3.63) is 0 Å². The monoisotopic (exact) mass is 360 g/mol. The molecule has 0 radical (unpaired) electrons. The molecule has 5 heteroatoms. The number of fused-ring (bicyclic) bond motifs is 3. The van der Waals surface area contributed by atoms with Gasteiger partial charge in [0.1, 0.15) is 0 Å². The highest BCUT2D eigenvalue weighted by molar-refractivity contribution is 6.40. The van der Waals surface area contributed by atoms with Crippen molar-refractivity contribution in [1.82, 2.24) is 0 Å². The molecule has 5 fully saturated rings. The SMILES string of the molecule is O=C(OB1OC2CC3CCCCC3CC2O1)C1CCCC2CCCCC21. The molecule has 1 aliphatic heterocycles. The van der Waals surface area contributed by atoms with E-state index in [4.69, 9.17) is 14.0 Å². The lowest BCUT2D eigenvalue weighted by Gasteiger charge is -2.40. The molecule has 0 aromatic carbocycles. The fourth-order valence-electron chi connectivity index (χ4n) is 6.88. The van der Waals surface area contributed by atoms with Crippen LogP contribution in [0.15, 0.2) is 0 Å². The van der Waals surface area contributed by atoms with E-state index in [1.807, 2.05) is 0 Å². The number of hydrogen-bond donors (Lipinski definition) is 0. The van der Waals surface area contributed by atoms with E-state index in [0.29, 0.717) is 5.92 Å². The summed E-state index contributed by atoms with van der Waals surface area (Å²) in [5, 5.41) is 0. The zero-order valence-electron chi connectivity index (χ0n) is 15.9. The molecule has 7 unspecified atom stereocenters. The second kappa shape index (κ2) is 7.46. The lowest BCUT2D eigenvalue weighted by atomic mass is 9.65. The minimum atomic E-state index is -0.748. The smallest absolute Gasteiger partial charge is 0.485 e. The third-order valence-electron chi connectivity index (χ3n) is 8.21. The Labute approximate surface area is 157 Å². The Bertz CT molecular complexity index is 502. The van der Waals surface area contributed by atoms with Crippen molar-refractivity contribution in [2.45, 2.75) is 95.7 Å². The van der Waals surface area contributed by atoms with Crippen LogP contribution < -0.4 is 0 Å². The highest BCUT2D eigenvalue weighted by Gasteiger charge is 2.51. The first-order valence-corrected chi connectivity index (χ1v) is 11.3. The molecular formula is C21H33BO4. The maximum Gasteiger partial charge on any atom is 0.715 e. The van der Waals surface area contributed by atoms with E-state index in [0.717, 1.165) is 37.0 Å². The quantitative estimate of drug-likeness (QED) is 0.680. The summed E-state index contributed by atoms with van der Waals surface area (Å²) in [4.78, 5) is 12.9. The number of carbonyl (C=O) groups excluding carboxylic acids is 1. The lowest BCUT2D eigenvalue weighted by molar-refractivity contribution is -0.146. The van der Waals surface area contributed by atoms with E-state index in [-0.39, 0.29) is 24.1 Å². The summed E-state index contributed by atoms with van der Waals surface area (Å²) in [7, 11) is -0.748. The highest BCUT2D eigenvalue weighted by Crippen LogP contribution is 2.46. The summed E-state index contributed by atoms with van der Waals surface area (Å²) in [6.45, 7) is 0. The maximum absolute atomic E-state index is 12.9. The number of rotatable bonds is 2. The Morgan fingerprint density at radius 2 is 1.31 bits per heavy atom. The van der Waals surface area contributed by atoms with Crippen LogP contribution in [0, 0.1) is 29.6 Å². The van der Waals surface area contributed by atoms with Gasteiger partial charge in [-0.05, 0) is 49.4 Å². The number of carbonyl (C=O) groups is 1. The zero-order valence-corrected chi connectivity index (χ0v) is 15.9. The van der Waals surface area contributed by atoms with Gasteiger partial charge in [0.25, 0.3) is 5.97 Å². The summed E-state index contributed by atoms with van der Waals surface area (Å²) in [6, 6.07) is 0. The summed E-state index contributed by atoms with van der Waals surface area (Å²) in [5.41, 5.74) is 0. The molecular weight excluding hydrogens is 327 g/mol. The van der Waals surface area contributed by atoms with E-state index < -0.39 is 7.32 Å². The van der Waals surface area contributed by atoms with Gasteiger partial charge in [0.15, 0.2) is 0 Å². The average Bonchev–Trinajstić information content (AvgIpc) is 3.06. The van der Waals surface area contributed by atoms with Crippen LogP contribution in [0.2, 0.25) is 0 Å². The standard InChI is InChI=1S/C21H33BO4/c23-21(18-11-5-9-14-6-3-4-10-17(14)18)26-22-24-19-12-15-7-1-2-8-16(15)13-20(19)25-22/h14-20H,1-13H2. The predicted octanol–water partition coefficient (Wildman–Crippen LogP) is 4.51. The van der Waals surface area contributed by atoms with Crippen molar-refractivity contribution in [2.75, 3.05) is 0 Å². The molecule has 0 bridgehead atoms. The molecule has 1 saturated heterocycles. The van der Waals surface area contributed by atoms with Crippen molar-refractivity contribution in [3.8, 4) is 0 Å². The van der Waals surface area contributed by atoms with Crippen LogP contribution in [-0.4, -0.2) is 25.5 Å². The Morgan fingerprint density at radius 3 is 2.00 bits per heavy atom. The van der Waals surface area contributed by atoms with E-state index in [2.05, 4.69) is 0 Å². The van der Waals surface area contributed by atoms with Crippen molar-refractivity contribution in [1.29, 1.82) is 0 Å². The molecule has 0 aromatic heterocycles. The summed E-state index contributed by atoms with van der Waals surface area (Å²) < 4.78 is 17.9. The second-order valence-electron chi connectivity index (χ2n) is 9.60. The van der Waals surface area contributed by atoms with Crippen LogP contribution in [0.3, 0.4) is 0 Å². The minimum absolute atomic E-state index is 0.0531. The van der Waals surface area contributed by atoms with Crippen molar-refractivity contribution in [3.63, 3.8) is 0 Å². The maximum atomic E-state index is 12.9. The van der Waals surface area contributed by atoms with E-state index in [1.165, 1.54) is 64.2 Å². The first-order valence-electron chi connectivity index (χ1n) is 11.3. The molecule has 0 amide bonds. The Hall–Kier alpha value is -0.545. The molecule has 0 spiro atoms. The Morgan fingerprint density at radius 1 is 0.731 bits per heavy atom. The number of hydrogen-bond acceptors (Lipinski definition) is 4. The molecule has 26 heavy (non-hydrogen) atoms. The normalized spacial score (nSPS) is 45.4. The highest BCUT2D eigenvalue weighted by atomic mass is 16.8. The van der Waals surface area contributed by atoms with Gasteiger partial charge in [0.05, 0.1) is 18.1 Å². The largest absolute Gasteiger partial charge is 0.715 e. The fraction of sp³-hybridized carbons (Fsp3) is 0.952. The molecule has 4 aliphatic carbocycles. The van der Waals surface area contributed by atoms with Crippen LogP contribution in [0.4, 0.5) is 0 Å². The Kier molecular flexibility index (Phi) is 5.04. The topological polar surface area (TPSA) is 44.8 Å². The third kappa shape index (κ3) is 3.35. The van der Waals surface area contributed by atoms with Gasteiger partial charge < -0.3 is 14.0 Å². The van der Waals surface area contributed by atoms with Crippen molar-refractivity contribution in [2.24, 2.45) is 29.6 Å². The molecule has 0 N–H and O–H groups in total. The molecule has 5 aliphatic rings. The molecule has 0 aromatic rings. The first kappa shape index (κ1) is 17.5. The first-order chi connectivity index (χ1) is 12.8. The summed E-state index contributed by atoms with van der Waals surface area (Å²) in [5.74, 6) is 2.89. The zero-order chi connectivity index (χ0) is 17.5. The molecule has 5 rings (SSSR count). The van der Waals surface area contributed by atoms with Gasteiger partial charge >= 0.3 is 7.32 Å². The van der Waals surface area contributed by atoms with Crippen LogP contribution in [0.25, 0.3) is 0 Å². The summed E-state index contributed by atoms with van der Waals surface area (Å²) in [6.07, 6.45) is 16.4. The van der Waals surface area contributed by atoms with Gasteiger partial charge in [-0.3, -0.25) is 4.79 Å². The summed E-state index contributed by atoms with van der Waals surface area (Å²) >= 11 is 0.